The number of hydrogen-bond donors (Lipinski definition) is 4. The van der Waals surface area contributed by atoms with E-state index in [9.17, 15) is 24.6 Å². The molecule has 1 aromatic carbocycles. The number of aromatic nitrogens is 1. The fourth-order valence-electron chi connectivity index (χ4n) is 3.25. The number of nitrogens with zero attached hydrogens (tertiary/aromatic N) is 2. The summed E-state index contributed by atoms with van der Waals surface area (Å²) in [6, 6.07) is 4.31. The number of nitrogens with one attached hydrogen (secondary N) is 2. The molecule has 27 heavy (non-hydrogen) atoms. The highest BCUT2D eigenvalue weighted by Gasteiger charge is 2.43. The zero-order valence-corrected chi connectivity index (χ0v) is 14.9. The third-order valence-corrected chi connectivity index (χ3v) is 4.71. The lowest BCUT2D eigenvalue weighted by molar-refractivity contribution is -0.140. The Hall–Kier alpha value is -3.36. The standard InChI is InChI=1S/C18H20N4O5/c1-3-19-17(27)20-9-10-5-4-6-11-13(10)15(25)22(14(11)24)18(2)8-7-12(23)21-16(18)26/h4-6,9,24-25H,3,7-8H2,1-2H3,(H,19,27)(H,21,23,26). The summed E-state index contributed by atoms with van der Waals surface area (Å²) in [5, 5.41) is 26.8. The molecule has 0 bridgehead atoms. The maximum absolute atomic E-state index is 12.4. The quantitative estimate of drug-likeness (QED) is 0.477. The molecule has 1 saturated heterocycles. The minimum atomic E-state index is -1.34. The van der Waals surface area contributed by atoms with Crippen molar-refractivity contribution >= 4 is 34.8 Å². The van der Waals surface area contributed by atoms with Crippen molar-refractivity contribution in [3.8, 4) is 11.8 Å². The third-order valence-electron chi connectivity index (χ3n) is 4.71. The van der Waals surface area contributed by atoms with Crippen molar-refractivity contribution in [1.82, 2.24) is 15.2 Å². The normalized spacial score (nSPS) is 20.2. The second-order valence-electron chi connectivity index (χ2n) is 6.50. The molecule has 2 heterocycles. The number of piperidine rings is 1. The Kier molecular flexibility index (Phi) is 4.61. The molecule has 142 valence electrons. The molecule has 3 rings (SSSR count). The minimum Gasteiger partial charge on any atom is -0.494 e. The fourth-order valence-corrected chi connectivity index (χ4v) is 3.25. The summed E-state index contributed by atoms with van der Waals surface area (Å²) in [7, 11) is 0. The van der Waals surface area contributed by atoms with Crippen LogP contribution in [0.3, 0.4) is 0 Å². The summed E-state index contributed by atoms with van der Waals surface area (Å²) in [6.07, 6.45) is 1.49. The van der Waals surface area contributed by atoms with Gasteiger partial charge in [0.05, 0.1) is 5.39 Å². The molecule has 0 radical (unpaired) electrons. The highest BCUT2D eigenvalue weighted by molar-refractivity contribution is 6.08. The molecular formula is C18H20N4O5. The van der Waals surface area contributed by atoms with Crippen LogP contribution in [0.1, 0.15) is 32.3 Å². The summed E-state index contributed by atoms with van der Waals surface area (Å²) in [5.74, 6) is -1.65. The summed E-state index contributed by atoms with van der Waals surface area (Å²) in [6.45, 7) is 3.73. The number of hydrogen-bond acceptors (Lipinski definition) is 5. The van der Waals surface area contributed by atoms with Crippen molar-refractivity contribution in [3.05, 3.63) is 23.8 Å². The Morgan fingerprint density at radius 2 is 2.11 bits per heavy atom. The number of rotatable bonds is 3. The van der Waals surface area contributed by atoms with Crippen LogP contribution in [-0.2, 0) is 15.1 Å². The van der Waals surface area contributed by atoms with Gasteiger partial charge in [0, 0.05) is 30.1 Å². The third kappa shape index (κ3) is 3.01. The Morgan fingerprint density at radius 1 is 1.37 bits per heavy atom. The van der Waals surface area contributed by atoms with Crippen LogP contribution >= 0.6 is 0 Å². The first-order chi connectivity index (χ1) is 12.8. The first kappa shape index (κ1) is 18.4. The van der Waals surface area contributed by atoms with E-state index in [1.165, 1.54) is 13.1 Å². The lowest BCUT2D eigenvalue weighted by Crippen LogP contribution is -2.52. The van der Waals surface area contributed by atoms with E-state index in [0.29, 0.717) is 17.5 Å². The largest absolute Gasteiger partial charge is 0.494 e. The van der Waals surface area contributed by atoms with Crippen LogP contribution in [0.4, 0.5) is 4.79 Å². The van der Waals surface area contributed by atoms with Crippen LogP contribution in [-0.4, -0.2) is 45.4 Å². The first-order valence-corrected chi connectivity index (χ1v) is 8.51. The van der Waals surface area contributed by atoms with Gasteiger partial charge in [-0.1, -0.05) is 12.1 Å². The molecule has 1 unspecified atom stereocenters. The van der Waals surface area contributed by atoms with Crippen molar-refractivity contribution in [2.75, 3.05) is 6.54 Å². The molecule has 9 nitrogen and oxygen atoms in total. The summed E-state index contributed by atoms with van der Waals surface area (Å²) < 4.78 is 1.11. The van der Waals surface area contributed by atoms with Gasteiger partial charge in [-0.05, 0) is 26.3 Å². The molecular weight excluding hydrogens is 352 g/mol. The molecule has 1 aliphatic rings. The lowest BCUT2D eigenvalue weighted by atomic mass is 9.90. The second-order valence-corrected chi connectivity index (χ2v) is 6.50. The Labute approximate surface area is 154 Å². The molecule has 2 aromatic rings. The van der Waals surface area contributed by atoms with Crippen molar-refractivity contribution in [1.29, 1.82) is 0 Å². The number of urea groups is 1. The van der Waals surface area contributed by atoms with Crippen LogP contribution in [0.5, 0.6) is 11.8 Å². The number of amides is 4. The highest BCUT2D eigenvalue weighted by atomic mass is 16.3. The Bertz CT molecular complexity index is 978. The van der Waals surface area contributed by atoms with E-state index >= 15 is 0 Å². The predicted octanol–water partition coefficient (Wildman–Crippen LogP) is 1.35. The van der Waals surface area contributed by atoms with Crippen molar-refractivity contribution < 1.29 is 24.6 Å². The summed E-state index contributed by atoms with van der Waals surface area (Å²) in [4.78, 5) is 39.2. The van der Waals surface area contributed by atoms with Crippen molar-refractivity contribution in [2.45, 2.75) is 32.2 Å². The van der Waals surface area contributed by atoms with E-state index in [-0.39, 0.29) is 30.0 Å². The van der Waals surface area contributed by atoms with Crippen LogP contribution in [0, 0.1) is 0 Å². The monoisotopic (exact) mass is 372 g/mol. The Morgan fingerprint density at radius 3 is 2.78 bits per heavy atom. The van der Waals surface area contributed by atoms with Gasteiger partial charge in [0.1, 0.15) is 5.54 Å². The van der Waals surface area contributed by atoms with Gasteiger partial charge in [-0.3, -0.25) is 19.5 Å². The molecule has 1 fully saturated rings. The van der Waals surface area contributed by atoms with E-state index in [4.69, 9.17) is 0 Å². The number of imide groups is 1. The fraction of sp³-hybridized carbons (Fsp3) is 0.333. The maximum atomic E-state index is 12.4. The van der Waals surface area contributed by atoms with Gasteiger partial charge < -0.3 is 15.5 Å². The van der Waals surface area contributed by atoms with Crippen LogP contribution in [0.25, 0.3) is 10.8 Å². The molecule has 1 aromatic heterocycles. The highest BCUT2D eigenvalue weighted by Crippen LogP contribution is 2.44. The van der Waals surface area contributed by atoms with Gasteiger partial charge in [-0.15, -0.1) is 0 Å². The van der Waals surface area contributed by atoms with Crippen molar-refractivity contribution in [2.24, 2.45) is 4.99 Å². The molecule has 1 aliphatic heterocycles. The minimum absolute atomic E-state index is 0.0845. The average Bonchev–Trinajstić information content (AvgIpc) is 2.89. The number of fused-ring (bicyclic) bond motifs is 1. The summed E-state index contributed by atoms with van der Waals surface area (Å²) in [5.41, 5.74) is -0.934. The van der Waals surface area contributed by atoms with E-state index in [1.54, 1.807) is 25.1 Å². The Balaban J connectivity index is 2.14. The topological polar surface area (TPSA) is 133 Å². The second kappa shape index (κ2) is 6.75. The average molecular weight is 372 g/mol. The molecule has 0 spiro atoms. The van der Waals surface area contributed by atoms with Gasteiger partial charge in [0.2, 0.25) is 17.7 Å². The lowest BCUT2D eigenvalue weighted by Gasteiger charge is -2.33. The predicted molar refractivity (Wildman–Crippen MR) is 98.0 cm³/mol. The SMILES string of the molecule is CCNC(=O)N=Cc1cccc2c(O)n(C3(C)CCC(=O)NC3=O)c(O)c12. The number of benzene rings is 1. The molecule has 9 heteroatoms. The van der Waals surface area contributed by atoms with Crippen LogP contribution in [0.15, 0.2) is 23.2 Å². The molecule has 4 N–H and O–H groups in total. The van der Waals surface area contributed by atoms with Crippen molar-refractivity contribution in [3.63, 3.8) is 0 Å². The maximum Gasteiger partial charge on any atom is 0.340 e. The van der Waals surface area contributed by atoms with Crippen LogP contribution < -0.4 is 10.6 Å². The van der Waals surface area contributed by atoms with Gasteiger partial charge >= 0.3 is 6.03 Å². The number of carbonyl (C=O) groups excluding carboxylic acids is 3. The van der Waals surface area contributed by atoms with E-state index in [0.717, 1.165) is 4.57 Å². The number of carbonyl (C=O) groups is 3. The molecule has 1 atom stereocenters. The molecule has 0 saturated carbocycles. The van der Waals surface area contributed by atoms with E-state index in [1.807, 2.05) is 0 Å². The number of aromatic hydroxyl groups is 2. The van der Waals surface area contributed by atoms with Gasteiger partial charge in [0.15, 0.2) is 0 Å². The van der Waals surface area contributed by atoms with Crippen LogP contribution in [0.2, 0.25) is 0 Å². The molecule has 0 aliphatic carbocycles. The van der Waals surface area contributed by atoms with Gasteiger partial charge in [-0.25, -0.2) is 9.79 Å². The van der Waals surface area contributed by atoms with Gasteiger partial charge in [0.25, 0.3) is 5.91 Å². The smallest absolute Gasteiger partial charge is 0.340 e. The van der Waals surface area contributed by atoms with E-state index in [2.05, 4.69) is 15.6 Å². The van der Waals surface area contributed by atoms with Gasteiger partial charge in [-0.2, -0.15) is 0 Å². The zero-order chi connectivity index (χ0) is 19.8. The van der Waals surface area contributed by atoms with E-state index < -0.39 is 23.4 Å². The summed E-state index contributed by atoms with van der Waals surface area (Å²) >= 11 is 0. The zero-order valence-electron chi connectivity index (χ0n) is 14.9. The number of aliphatic imine (C=N–C) groups is 1. The first-order valence-electron chi connectivity index (χ1n) is 8.51. The molecule has 4 amide bonds.